The van der Waals surface area contributed by atoms with Crippen molar-refractivity contribution in [2.45, 2.75) is 24.8 Å². The van der Waals surface area contributed by atoms with Crippen LogP contribution in [0.25, 0.3) is 0 Å². The molecule has 0 aliphatic heterocycles. The fourth-order valence-electron chi connectivity index (χ4n) is 1.01. The second-order valence-electron chi connectivity index (χ2n) is 3.33. The van der Waals surface area contributed by atoms with Crippen LogP contribution in [-0.4, -0.2) is 25.5 Å². The van der Waals surface area contributed by atoms with Gasteiger partial charge in [-0.1, -0.05) is 0 Å². The van der Waals surface area contributed by atoms with E-state index in [1.165, 1.54) is 0 Å². The third-order valence-electron chi connectivity index (χ3n) is 1.55. The normalized spacial score (nSPS) is 12.0. The van der Waals surface area contributed by atoms with Gasteiger partial charge in [0.1, 0.15) is 4.90 Å². The Hall–Kier alpha value is -0.860. The second kappa shape index (κ2) is 4.56. The first kappa shape index (κ1) is 13.2. The molecule has 1 rings (SSSR count). The van der Waals surface area contributed by atoms with Crippen LogP contribution in [0.15, 0.2) is 20.0 Å². The van der Waals surface area contributed by atoms with Crippen molar-refractivity contribution < 1.29 is 22.7 Å². The highest BCUT2D eigenvalue weighted by Gasteiger charge is 2.25. The number of aromatic carboxylic acids is 1. The third kappa shape index (κ3) is 2.83. The molecule has 8 heteroatoms. The summed E-state index contributed by atoms with van der Waals surface area (Å²) in [5, 5.41) is 8.64. The van der Waals surface area contributed by atoms with E-state index in [1.54, 1.807) is 13.8 Å². The van der Waals surface area contributed by atoms with E-state index < -0.39 is 21.8 Å². The van der Waals surface area contributed by atoms with Gasteiger partial charge in [-0.25, -0.2) is 17.9 Å². The topological polar surface area (TPSA) is 96.6 Å². The largest absolute Gasteiger partial charge is 0.475 e. The summed E-state index contributed by atoms with van der Waals surface area (Å²) in [5.74, 6) is -1.76. The van der Waals surface area contributed by atoms with Crippen LogP contribution in [0, 0.1) is 0 Å². The number of hydrogen-bond acceptors (Lipinski definition) is 4. The highest BCUT2D eigenvalue weighted by molar-refractivity contribution is 9.10. The van der Waals surface area contributed by atoms with Gasteiger partial charge in [0.05, 0.1) is 0 Å². The van der Waals surface area contributed by atoms with Gasteiger partial charge < -0.3 is 9.52 Å². The summed E-state index contributed by atoms with van der Waals surface area (Å²) < 4.78 is 30.3. The number of carboxylic acids is 1. The molecule has 0 radical (unpaired) electrons. The monoisotopic (exact) mass is 311 g/mol. The average molecular weight is 312 g/mol. The summed E-state index contributed by atoms with van der Waals surface area (Å²) in [6, 6.07) is 0.664. The van der Waals surface area contributed by atoms with Gasteiger partial charge in [0.25, 0.3) is 0 Å². The highest BCUT2D eigenvalue weighted by Crippen LogP contribution is 2.26. The number of carbonyl (C=O) groups is 1. The van der Waals surface area contributed by atoms with Crippen molar-refractivity contribution in [1.29, 1.82) is 0 Å². The molecule has 90 valence electrons. The predicted octanol–water partition coefficient (Wildman–Crippen LogP) is 1.43. The van der Waals surface area contributed by atoms with Crippen molar-refractivity contribution in [3.05, 3.63) is 16.5 Å². The Bertz CT molecular complexity index is 504. The van der Waals surface area contributed by atoms with Gasteiger partial charge in [-0.2, -0.15) is 0 Å². The van der Waals surface area contributed by atoms with Crippen LogP contribution in [0.3, 0.4) is 0 Å². The number of rotatable bonds is 4. The molecule has 1 aromatic rings. The first-order valence-electron chi connectivity index (χ1n) is 4.29. The molecule has 0 saturated carbocycles. The molecule has 0 unspecified atom stereocenters. The molecule has 0 bridgehead atoms. The van der Waals surface area contributed by atoms with Crippen molar-refractivity contribution in [3.8, 4) is 0 Å². The molecule has 0 aliphatic carbocycles. The smallest absolute Gasteiger partial charge is 0.371 e. The highest BCUT2D eigenvalue weighted by atomic mass is 79.9. The fraction of sp³-hybridized carbons (Fsp3) is 0.375. The predicted molar refractivity (Wildman–Crippen MR) is 58.8 cm³/mol. The van der Waals surface area contributed by atoms with Crippen molar-refractivity contribution in [2.75, 3.05) is 0 Å². The van der Waals surface area contributed by atoms with E-state index in [9.17, 15) is 13.2 Å². The molecule has 0 aromatic carbocycles. The molecule has 0 atom stereocenters. The van der Waals surface area contributed by atoms with Crippen LogP contribution in [0.5, 0.6) is 0 Å². The van der Waals surface area contributed by atoms with Gasteiger partial charge in [-0.3, -0.25) is 0 Å². The molecule has 2 N–H and O–H groups in total. The zero-order chi connectivity index (χ0) is 12.5. The van der Waals surface area contributed by atoms with E-state index in [4.69, 9.17) is 9.52 Å². The number of carboxylic acid groups (broad SMARTS) is 1. The summed E-state index contributed by atoms with van der Waals surface area (Å²) in [6.07, 6.45) is 0. The number of hydrogen-bond donors (Lipinski definition) is 2. The van der Waals surface area contributed by atoms with Crippen LogP contribution in [0.1, 0.15) is 24.4 Å². The van der Waals surface area contributed by atoms with Crippen molar-refractivity contribution in [3.63, 3.8) is 0 Å². The third-order valence-corrected chi connectivity index (χ3v) is 4.06. The minimum atomic E-state index is -3.76. The average Bonchev–Trinajstić information content (AvgIpc) is 2.45. The summed E-state index contributed by atoms with van der Waals surface area (Å²) in [7, 11) is -3.76. The Balaban J connectivity index is 3.18. The van der Waals surface area contributed by atoms with Gasteiger partial charge in [0.2, 0.25) is 15.8 Å². The first-order chi connectivity index (χ1) is 7.24. The Kier molecular flexibility index (Phi) is 3.76. The quantitative estimate of drug-likeness (QED) is 0.876. The Morgan fingerprint density at radius 2 is 2.12 bits per heavy atom. The minimum Gasteiger partial charge on any atom is -0.475 e. The summed E-state index contributed by atoms with van der Waals surface area (Å²) in [4.78, 5) is 10.4. The zero-order valence-corrected chi connectivity index (χ0v) is 10.9. The van der Waals surface area contributed by atoms with E-state index in [0.29, 0.717) is 0 Å². The Labute approximate surface area is 101 Å². The van der Waals surface area contributed by atoms with Crippen LogP contribution in [0.2, 0.25) is 0 Å². The van der Waals surface area contributed by atoms with Gasteiger partial charge in [0, 0.05) is 12.1 Å². The van der Waals surface area contributed by atoms with Gasteiger partial charge >= 0.3 is 5.97 Å². The van der Waals surface area contributed by atoms with E-state index in [2.05, 4.69) is 20.7 Å². The number of nitrogens with one attached hydrogen (secondary N) is 1. The first-order valence-corrected chi connectivity index (χ1v) is 6.56. The molecule has 0 amide bonds. The van der Waals surface area contributed by atoms with Gasteiger partial charge in [-0.15, -0.1) is 0 Å². The number of sulfonamides is 1. The number of halogens is 1. The van der Waals surface area contributed by atoms with E-state index in [-0.39, 0.29) is 15.6 Å². The van der Waals surface area contributed by atoms with Crippen LogP contribution in [-0.2, 0) is 10.0 Å². The summed E-state index contributed by atoms with van der Waals surface area (Å²) >= 11 is 2.86. The fourth-order valence-corrected chi connectivity index (χ4v) is 3.21. The van der Waals surface area contributed by atoms with Crippen molar-refractivity contribution in [2.24, 2.45) is 0 Å². The molecule has 0 spiro atoms. The van der Waals surface area contributed by atoms with E-state index >= 15 is 0 Å². The Morgan fingerprint density at radius 1 is 1.56 bits per heavy atom. The molecule has 0 saturated heterocycles. The molecular formula is C8H10BrNO5S. The number of furan rings is 1. The lowest BCUT2D eigenvalue weighted by atomic mass is 10.4. The molecule has 1 aromatic heterocycles. The SMILES string of the molecule is CC(C)NS(=O)(=O)c1cc(C(=O)O)oc1Br. The molecular weight excluding hydrogens is 302 g/mol. The maximum Gasteiger partial charge on any atom is 0.371 e. The van der Waals surface area contributed by atoms with Crippen LogP contribution in [0.4, 0.5) is 0 Å². The standard InChI is InChI=1S/C8H10BrNO5S/c1-4(2)10-16(13,14)6-3-5(8(11)12)15-7(6)9/h3-4,10H,1-2H3,(H,11,12). The molecule has 6 nitrogen and oxygen atoms in total. The molecule has 16 heavy (non-hydrogen) atoms. The van der Waals surface area contributed by atoms with Gasteiger partial charge in [0.15, 0.2) is 4.67 Å². The zero-order valence-electron chi connectivity index (χ0n) is 8.52. The second-order valence-corrected chi connectivity index (χ2v) is 5.73. The van der Waals surface area contributed by atoms with E-state index in [1.807, 2.05) is 0 Å². The van der Waals surface area contributed by atoms with Crippen LogP contribution < -0.4 is 4.72 Å². The maximum atomic E-state index is 11.7. The lowest BCUT2D eigenvalue weighted by Gasteiger charge is -2.07. The Morgan fingerprint density at radius 3 is 2.50 bits per heavy atom. The van der Waals surface area contributed by atoms with Crippen molar-refractivity contribution >= 4 is 31.9 Å². The van der Waals surface area contributed by atoms with Gasteiger partial charge in [-0.05, 0) is 29.8 Å². The summed E-state index contributed by atoms with van der Waals surface area (Å²) in [5.41, 5.74) is 0. The van der Waals surface area contributed by atoms with Crippen molar-refractivity contribution in [1.82, 2.24) is 4.72 Å². The van der Waals surface area contributed by atoms with Crippen LogP contribution >= 0.6 is 15.9 Å². The lowest BCUT2D eigenvalue weighted by Crippen LogP contribution is -2.30. The summed E-state index contributed by atoms with van der Waals surface area (Å²) in [6.45, 7) is 3.31. The maximum absolute atomic E-state index is 11.7. The molecule has 0 fully saturated rings. The van der Waals surface area contributed by atoms with E-state index in [0.717, 1.165) is 6.07 Å². The minimum absolute atomic E-state index is 0.127. The molecule has 1 heterocycles. The lowest BCUT2D eigenvalue weighted by molar-refractivity contribution is 0.0661. The molecule has 0 aliphatic rings.